The van der Waals surface area contributed by atoms with Crippen molar-refractivity contribution < 1.29 is 9.53 Å². The van der Waals surface area contributed by atoms with Gasteiger partial charge in [-0.25, -0.2) is 0 Å². The van der Waals surface area contributed by atoms with Crippen molar-refractivity contribution in [3.63, 3.8) is 0 Å². The van der Waals surface area contributed by atoms with E-state index in [1.807, 2.05) is 19.9 Å². The molecular formula is C17H26N2O3. The van der Waals surface area contributed by atoms with E-state index in [9.17, 15) is 9.59 Å². The standard InChI is InChI=1S/C17H26N2O3/c1-4-10-22-12-14-8-9-18(11-14)16(20)15-7-6-13(3)19(5-2)17(15)21/h6-7,14H,4-5,8-12H2,1-3H3/t14-/m1/s1. The first-order valence-electron chi connectivity index (χ1n) is 8.15. The summed E-state index contributed by atoms with van der Waals surface area (Å²) in [6, 6.07) is 3.50. The van der Waals surface area contributed by atoms with Crippen LogP contribution in [0.4, 0.5) is 0 Å². The highest BCUT2D eigenvalue weighted by Crippen LogP contribution is 2.18. The molecule has 1 aliphatic rings. The molecule has 22 heavy (non-hydrogen) atoms. The molecule has 1 saturated heterocycles. The molecule has 0 aromatic carbocycles. The number of aromatic nitrogens is 1. The fourth-order valence-electron chi connectivity index (χ4n) is 2.94. The molecule has 1 aromatic heterocycles. The topological polar surface area (TPSA) is 51.5 Å². The molecule has 1 aromatic rings. The Labute approximate surface area is 131 Å². The second-order valence-electron chi connectivity index (χ2n) is 5.92. The van der Waals surface area contributed by atoms with Gasteiger partial charge in [0.2, 0.25) is 0 Å². The predicted molar refractivity (Wildman–Crippen MR) is 86.2 cm³/mol. The van der Waals surface area contributed by atoms with Crippen LogP contribution in [0.2, 0.25) is 0 Å². The van der Waals surface area contributed by atoms with Gasteiger partial charge in [0.15, 0.2) is 0 Å². The summed E-state index contributed by atoms with van der Waals surface area (Å²) in [4.78, 5) is 26.8. The monoisotopic (exact) mass is 306 g/mol. The van der Waals surface area contributed by atoms with Crippen molar-refractivity contribution in [3.8, 4) is 0 Å². The molecule has 0 bridgehead atoms. The summed E-state index contributed by atoms with van der Waals surface area (Å²) in [6.07, 6.45) is 1.96. The minimum atomic E-state index is -0.182. The van der Waals surface area contributed by atoms with E-state index in [0.717, 1.165) is 25.1 Å². The first-order chi connectivity index (χ1) is 10.6. The lowest BCUT2D eigenvalue weighted by Gasteiger charge is -2.17. The van der Waals surface area contributed by atoms with Gasteiger partial charge in [0.05, 0.1) is 6.61 Å². The van der Waals surface area contributed by atoms with E-state index in [-0.39, 0.29) is 17.0 Å². The second-order valence-corrected chi connectivity index (χ2v) is 5.92. The summed E-state index contributed by atoms with van der Waals surface area (Å²) in [6.45, 7) is 9.32. The Kier molecular flexibility index (Phi) is 5.77. The van der Waals surface area contributed by atoms with Crippen LogP contribution >= 0.6 is 0 Å². The third-order valence-electron chi connectivity index (χ3n) is 4.21. The maximum atomic E-state index is 12.6. The Morgan fingerprint density at radius 3 is 2.82 bits per heavy atom. The number of hydrogen-bond acceptors (Lipinski definition) is 3. The summed E-state index contributed by atoms with van der Waals surface area (Å²) >= 11 is 0. The van der Waals surface area contributed by atoms with E-state index in [4.69, 9.17) is 4.74 Å². The first kappa shape index (κ1) is 16.7. The Hall–Kier alpha value is -1.62. The molecule has 1 aliphatic heterocycles. The van der Waals surface area contributed by atoms with Crippen molar-refractivity contribution in [3.05, 3.63) is 33.7 Å². The number of likely N-dealkylation sites (tertiary alicyclic amines) is 1. The molecule has 0 spiro atoms. The number of ether oxygens (including phenoxy) is 1. The maximum Gasteiger partial charge on any atom is 0.263 e. The minimum Gasteiger partial charge on any atom is -0.381 e. The van der Waals surface area contributed by atoms with E-state index in [1.165, 1.54) is 0 Å². The van der Waals surface area contributed by atoms with E-state index >= 15 is 0 Å². The van der Waals surface area contributed by atoms with Crippen LogP contribution in [0.25, 0.3) is 0 Å². The lowest BCUT2D eigenvalue weighted by atomic mass is 10.1. The van der Waals surface area contributed by atoms with Crippen LogP contribution in [0.3, 0.4) is 0 Å². The third-order valence-corrected chi connectivity index (χ3v) is 4.21. The molecule has 0 aliphatic carbocycles. The summed E-state index contributed by atoms with van der Waals surface area (Å²) < 4.78 is 7.22. The van der Waals surface area contributed by atoms with Crippen LogP contribution in [-0.4, -0.2) is 41.7 Å². The highest BCUT2D eigenvalue weighted by Gasteiger charge is 2.28. The molecule has 2 heterocycles. The van der Waals surface area contributed by atoms with Crippen molar-refractivity contribution in [2.24, 2.45) is 5.92 Å². The van der Waals surface area contributed by atoms with Crippen molar-refractivity contribution >= 4 is 5.91 Å². The third kappa shape index (κ3) is 3.58. The van der Waals surface area contributed by atoms with E-state index < -0.39 is 0 Å². The Morgan fingerprint density at radius 2 is 2.14 bits per heavy atom. The smallest absolute Gasteiger partial charge is 0.263 e. The zero-order chi connectivity index (χ0) is 16.1. The number of amides is 1. The van der Waals surface area contributed by atoms with Gasteiger partial charge < -0.3 is 14.2 Å². The summed E-state index contributed by atoms with van der Waals surface area (Å²) in [5.74, 6) is 0.236. The van der Waals surface area contributed by atoms with Gasteiger partial charge >= 0.3 is 0 Å². The van der Waals surface area contributed by atoms with Crippen molar-refractivity contribution in [1.29, 1.82) is 0 Å². The normalized spacial score (nSPS) is 18.0. The molecule has 122 valence electrons. The fourth-order valence-corrected chi connectivity index (χ4v) is 2.94. The van der Waals surface area contributed by atoms with Gasteiger partial charge in [-0.1, -0.05) is 6.92 Å². The number of pyridine rings is 1. The Morgan fingerprint density at radius 1 is 1.36 bits per heavy atom. The lowest BCUT2D eigenvalue weighted by Crippen LogP contribution is -2.36. The van der Waals surface area contributed by atoms with Gasteiger partial charge in [0, 0.05) is 37.9 Å². The fraction of sp³-hybridized carbons (Fsp3) is 0.647. The summed E-state index contributed by atoms with van der Waals surface area (Å²) in [5.41, 5.74) is 0.983. The van der Waals surface area contributed by atoms with Crippen LogP contribution in [0.5, 0.6) is 0 Å². The van der Waals surface area contributed by atoms with Crippen molar-refractivity contribution in [1.82, 2.24) is 9.47 Å². The zero-order valence-electron chi connectivity index (χ0n) is 13.8. The lowest BCUT2D eigenvalue weighted by molar-refractivity contribution is 0.0752. The van der Waals surface area contributed by atoms with E-state index in [0.29, 0.717) is 32.2 Å². The number of carbonyl (C=O) groups is 1. The number of aryl methyl sites for hydroxylation is 1. The Bertz CT molecular complexity index is 580. The van der Waals surface area contributed by atoms with Crippen LogP contribution in [0.15, 0.2) is 16.9 Å². The average Bonchev–Trinajstić information content (AvgIpc) is 2.96. The molecule has 5 nitrogen and oxygen atoms in total. The second kappa shape index (κ2) is 7.58. The van der Waals surface area contributed by atoms with Gasteiger partial charge in [0.1, 0.15) is 5.56 Å². The number of hydrogen-bond donors (Lipinski definition) is 0. The summed E-state index contributed by atoms with van der Waals surface area (Å²) in [7, 11) is 0. The van der Waals surface area contributed by atoms with Crippen LogP contribution in [0.1, 0.15) is 42.7 Å². The SMILES string of the molecule is CCCOC[C@@H]1CCN(C(=O)c2ccc(C)n(CC)c2=O)C1. The molecule has 1 amide bonds. The molecule has 1 fully saturated rings. The highest BCUT2D eigenvalue weighted by atomic mass is 16.5. The van der Waals surface area contributed by atoms with Gasteiger partial charge in [-0.05, 0) is 38.8 Å². The van der Waals surface area contributed by atoms with Gasteiger partial charge in [-0.15, -0.1) is 0 Å². The van der Waals surface area contributed by atoms with Crippen molar-refractivity contribution in [2.75, 3.05) is 26.3 Å². The number of rotatable bonds is 6. The molecule has 0 radical (unpaired) electrons. The molecule has 2 rings (SSSR count). The Balaban J connectivity index is 2.06. The number of carbonyl (C=O) groups excluding carboxylic acids is 1. The molecular weight excluding hydrogens is 280 g/mol. The summed E-state index contributed by atoms with van der Waals surface area (Å²) in [5, 5.41) is 0. The predicted octanol–water partition coefficient (Wildman–Crippen LogP) is 2.07. The quantitative estimate of drug-likeness (QED) is 0.756. The first-order valence-corrected chi connectivity index (χ1v) is 8.15. The zero-order valence-corrected chi connectivity index (χ0v) is 13.8. The molecule has 1 atom stereocenters. The number of nitrogens with zero attached hydrogens (tertiary/aromatic N) is 2. The average molecular weight is 306 g/mol. The maximum absolute atomic E-state index is 12.6. The van der Waals surface area contributed by atoms with Crippen LogP contribution in [0, 0.1) is 12.8 Å². The largest absolute Gasteiger partial charge is 0.381 e. The van der Waals surface area contributed by atoms with Crippen LogP contribution < -0.4 is 5.56 Å². The molecule has 0 N–H and O–H groups in total. The van der Waals surface area contributed by atoms with Gasteiger partial charge in [-0.2, -0.15) is 0 Å². The molecule has 0 saturated carbocycles. The van der Waals surface area contributed by atoms with Gasteiger partial charge in [0.25, 0.3) is 11.5 Å². The highest BCUT2D eigenvalue weighted by molar-refractivity contribution is 5.94. The van der Waals surface area contributed by atoms with Gasteiger partial charge in [-0.3, -0.25) is 9.59 Å². The van der Waals surface area contributed by atoms with E-state index in [2.05, 4.69) is 6.92 Å². The molecule has 0 unspecified atom stereocenters. The van der Waals surface area contributed by atoms with E-state index in [1.54, 1.807) is 15.5 Å². The minimum absolute atomic E-state index is 0.148. The van der Waals surface area contributed by atoms with Crippen molar-refractivity contribution in [2.45, 2.75) is 40.2 Å². The molecule has 5 heteroatoms. The van der Waals surface area contributed by atoms with Crippen LogP contribution in [-0.2, 0) is 11.3 Å².